The fourth-order valence-corrected chi connectivity index (χ4v) is 3.61. The number of carbonyl (C=O) groups is 1. The van der Waals surface area contributed by atoms with E-state index in [-0.39, 0.29) is 17.5 Å². The number of aromatic nitrogens is 3. The van der Waals surface area contributed by atoms with E-state index in [1.165, 1.54) is 23.9 Å². The molecule has 2 aromatic carbocycles. The van der Waals surface area contributed by atoms with Crippen LogP contribution < -0.4 is 11.1 Å². The Morgan fingerprint density at radius 1 is 1.19 bits per heavy atom. The molecule has 0 saturated carbocycles. The van der Waals surface area contributed by atoms with E-state index in [2.05, 4.69) is 15.5 Å². The van der Waals surface area contributed by atoms with Crippen LogP contribution in [0.1, 0.15) is 24.9 Å². The first-order valence-electron chi connectivity index (χ1n) is 8.52. The Hall–Kier alpha value is -2.87. The van der Waals surface area contributed by atoms with Gasteiger partial charge in [0, 0.05) is 5.75 Å². The first-order chi connectivity index (χ1) is 13.1. The van der Waals surface area contributed by atoms with Crippen molar-refractivity contribution in [1.29, 1.82) is 0 Å². The first-order valence-corrected chi connectivity index (χ1v) is 9.51. The van der Waals surface area contributed by atoms with Crippen molar-refractivity contribution in [3.63, 3.8) is 0 Å². The number of halogens is 1. The molecule has 3 rings (SSSR count). The fraction of sp³-hybridized carbons (Fsp3) is 0.211. The molecule has 8 heteroatoms. The third-order valence-corrected chi connectivity index (χ3v) is 5.05. The standard InChI is InChI=1S/C19H20FN5OS/c1-2-16(17(26)22-15-11-7-6-10-14(15)20)25-18(21)23-24-19(25)27-12-13-8-4-3-5-9-13/h3-11,16H,2,12H2,1H3,(H2,21,23)(H,22,26). The maximum Gasteiger partial charge on any atom is 0.247 e. The summed E-state index contributed by atoms with van der Waals surface area (Å²) in [5, 5.41) is 11.2. The number of amides is 1. The van der Waals surface area contributed by atoms with E-state index < -0.39 is 11.9 Å². The molecule has 0 radical (unpaired) electrons. The lowest BCUT2D eigenvalue weighted by molar-refractivity contribution is -0.119. The molecule has 1 unspecified atom stereocenters. The topological polar surface area (TPSA) is 85.8 Å². The molecule has 0 aliphatic carbocycles. The number of hydrogen-bond donors (Lipinski definition) is 2. The maximum atomic E-state index is 13.9. The maximum absolute atomic E-state index is 13.9. The van der Waals surface area contributed by atoms with Crippen LogP contribution in [0.2, 0.25) is 0 Å². The highest BCUT2D eigenvalue weighted by Gasteiger charge is 2.25. The van der Waals surface area contributed by atoms with E-state index in [9.17, 15) is 9.18 Å². The Kier molecular flexibility index (Phi) is 6.08. The molecule has 0 bridgehead atoms. The van der Waals surface area contributed by atoms with Crippen molar-refractivity contribution < 1.29 is 9.18 Å². The molecule has 3 aromatic rings. The second kappa shape index (κ2) is 8.68. The molecule has 0 fully saturated rings. The first kappa shape index (κ1) is 18.9. The van der Waals surface area contributed by atoms with Crippen molar-refractivity contribution in [2.24, 2.45) is 0 Å². The van der Waals surface area contributed by atoms with Gasteiger partial charge in [-0.2, -0.15) is 0 Å². The van der Waals surface area contributed by atoms with Crippen LogP contribution in [-0.2, 0) is 10.5 Å². The smallest absolute Gasteiger partial charge is 0.247 e. The Morgan fingerprint density at radius 2 is 1.89 bits per heavy atom. The van der Waals surface area contributed by atoms with Crippen molar-refractivity contribution >= 4 is 29.3 Å². The molecule has 6 nitrogen and oxygen atoms in total. The number of hydrogen-bond acceptors (Lipinski definition) is 5. The number of nitrogens with two attached hydrogens (primary N) is 1. The number of nitrogens with one attached hydrogen (secondary N) is 1. The normalized spacial score (nSPS) is 11.9. The van der Waals surface area contributed by atoms with Gasteiger partial charge in [0.2, 0.25) is 11.9 Å². The third kappa shape index (κ3) is 4.46. The van der Waals surface area contributed by atoms with E-state index in [4.69, 9.17) is 5.73 Å². The summed E-state index contributed by atoms with van der Waals surface area (Å²) in [6, 6.07) is 15.3. The van der Waals surface area contributed by atoms with Crippen LogP contribution in [0.25, 0.3) is 0 Å². The summed E-state index contributed by atoms with van der Waals surface area (Å²) in [4.78, 5) is 12.8. The van der Waals surface area contributed by atoms with Gasteiger partial charge in [-0.1, -0.05) is 61.2 Å². The third-order valence-electron chi connectivity index (χ3n) is 4.03. The second-order valence-corrected chi connectivity index (χ2v) is 6.82. The van der Waals surface area contributed by atoms with E-state index in [1.807, 2.05) is 37.3 Å². The highest BCUT2D eigenvalue weighted by atomic mass is 32.2. The molecule has 1 aromatic heterocycles. The lowest BCUT2D eigenvalue weighted by Crippen LogP contribution is -2.27. The minimum atomic E-state index is -0.641. The predicted octanol–water partition coefficient (Wildman–Crippen LogP) is 3.88. The fourth-order valence-electron chi connectivity index (χ4n) is 2.67. The number of rotatable bonds is 7. The van der Waals surface area contributed by atoms with Gasteiger partial charge in [-0.15, -0.1) is 10.2 Å². The van der Waals surface area contributed by atoms with Crippen molar-refractivity contribution in [2.45, 2.75) is 30.3 Å². The number of thioether (sulfide) groups is 1. The number of nitrogen functional groups attached to an aromatic ring is 1. The summed E-state index contributed by atoms with van der Waals surface area (Å²) in [6.45, 7) is 1.86. The average molecular weight is 385 g/mol. The molecule has 1 atom stereocenters. The molecule has 0 aliphatic rings. The zero-order chi connectivity index (χ0) is 19.2. The summed E-state index contributed by atoms with van der Waals surface area (Å²) in [5.74, 6) is -0.0301. The van der Waals surface area contributed by atoms with Crippen molar-refractivity contribution in [1.82, 2.24) is 14.8 Å². The highest BCUT2D eigenvalue weighted by molar-refractivity contribution is 7.98. The largest absolute Gasteiger partial charge is 0.368 e. The van der Waals surface area contributed by atoms with Crippen LogP contribution in [0.5, 0.6) is 0 Å². The van der Waals surface area contributed by atoms with Crippen molar-refractivity contribution in [3.05, 3.63) is 66.0 Å². The molecular formula is C19H20FN5OS. The van der Waals surface area contributed by atoms with Crippen LogP contribution >= 0.6 is 11.8 Å². The summed E-state index contributed by atoms with van der Waals surface area (Å²) < 4.78 is 15.5. The number of nitrogens with zero attached hydrogens (tertiary/aromatic N) is 3. The molecule has 1 amide bonds. The van der Waals surface area contributed by atoms with Crippen LogP contribution in [0.15, 0.2) is 59.8 Å². The Bertz CT molecular complexity index is 915. The van der Waals surface area contributed by atoms with Gasteiger partial charge in [0.05, 0.1) is 5.69 Å². The van der Waals surface area contributed by atoms with E-state index in [0.717, 1.165) is 5.56 Å². The van der Waals surface area contributed by atoms with Crippen LogP contribution in [0.3, 0.4) is 0 Å². The Balaban J connectivity index is 1.79. The summed E-state index contributed by atoms with van der Waals surface area (Å²) in [6.07, 6.45) is 0.460. The minimum absolute atomic E-state index is 0.131. The van der Waals surface area contributed by atoms with Gasteiger partial charge < -0.3 is 11.1 Å². The Morgan fingerprint density at radius 3 is 2.59 bits per heavy atom. The van der Waals surface area contributed by atoms with Gasteiger partial charge in [0.25, 0.3) is 0 Å². The number of carbonyl (C=O) groups excluding carboxylic acids is 1. The number of para-hydroxylation sites is 1. The lowest BCUT2D eigenvalue weighted by Gasteiger charge is -2.19. The summed E-state index contributed by atoms with van der Waals surface area (Å²) in [5.41, 5.74) is 7.22. The number of benzene rings is 2. The lowest BCUT2D eigenvalue weighted by atomic mass is 10.2. The molecule has 0 aliphatic heterocycles. The zero-order valence-electron chi connectivity index (χ0n) is 14.8. The van der Waals surface area contributed by atoms with E-state index in [0.29, 0.717) is 17.3 Å². The van der Waals surface area contributed by atoms with Gasteiger partial charge in [0.15, 0.2) is 5.16 Å². The molecule has 0 spiro atoms. The molecular weight excluding hydrogens is 365 g/mol. The van der Waals surface area contributed by atoms with Gasteiger partial charge >= 0.3 is 0 Å². The van der Waals surface area contributed by atoms with Crippen molar-refractivity contribution in [3.8, 4) is 0 Å². The second-order valence-electron chi connectivity index (χ2n) is 5.88. The van der Waals surface area contributed by atoms with Crippen LogP contribution in [0.4, 0.5) is 16.0 Å². The van der Waals surface area contributed by atoms with Crippen molar-refractivity contribution in [2.75, 3.05) is 11.1 Å². The van der Waals surface area contributed by atoms with Gasteiger partial charge in [0.1, 0.15) is 11.9 Å². The summed E-state index contributed by atoms with van der Waals surface area (Å²) in [7, 11) is 0. The Labute approximate surface area is 161 Å². The van der Waals surface area contributed by atoms with Gasteiger partial charge in [-0.3, -0.25) is 9.36 Å². The number of anilines is 2. The molecule has 0 saturated heterocycles. The zero-order valence-corrected chi connectivity index (χ0v) is 15.6. The molecule has 3 N–H and O–H groups in total. The highest BCUT2D eigenvalue weighted by Crippen LogP contribution is 2.28. The van der Waals surface area contributed by atoms with E-state index in [1.54, 1.807) is 16.7 Å². The minimum Gasteiger partial charge on any atom is -0.368 e. The molecule has 140 valence electrons. The molecule has 1 heterocycles. The van der Waals surface area contributed by atoms with Crippen LogP contribution in [-0.4, -0.2) is 20.7 Å². The van der Waals surface area contributed by atoms with E-state index >= 15 is 0 Å². The summed E-state index contributed by atoms with van der Waals surface area (Å²) >= 11 is 1.45. The van der Waals surface area contributed by atoms with Crippen LogP contribution in [0, 0.1) is 5.82 Å². The van der Waals surface area contributed by atoms with Gasteiger partial charge in [-0.05, 0) is 24.1 Å². The van der Waals surface area contributed by atoms with Gasteiger partial charge in [-0.25, -0.2) is 4.39 Å². The molecule has 27 heavy (non-hydrogen) atoms. The predicted molar refractivity (Wildman–Crippen MR) is 105 cm³/mol. The average Bonchev–Trinajstić information content (AvgIpc) is 3.04. The monoisotopic (exact) mass is 385 g/mol. The quantitative estimate of drug-likeness (QED) is 0.603. The SMILES string of the molecule is CCC(C(=O)Nc1ccccc1F)n1c(N)nnc1SCc1ccccc1.